The molecule has 5 heteroatoms. The van der Waals surface area contributed by atoms with Crippen molar-refractivity contribution in [1.82, 2.24) is 5.32 Å². The van der Waals surface area contributed by atoms with Crippen LogP contribution in [0, 0.1) is 11.3 Å². The molecule has 4 nitrogen and oxygen atoms in total. The van der Waals surface area contributed by atoms with Crippen LogP contribution in [0.1, 0.15) is 5.56 Å². The molecule has 78 valence electrons. The Hall–Kier alpha value is -1.54. The quantitative estimate of drug-likeness (QED) is 0.872. The van der Waals surface area contributed by atoms with Gasteiger partial charge in [0.15, 0.2) is 0 Å². The van der Waals surface area contributed by atoms with Gasteiger partial charge in [-0.2, -0.15) is 5.26 Å². The summed E-state index contributed by atoms with van der Waals surface area (Å²) in [6.45, 7) is 0.154. The summed E-state index contributed by atoms with van der Waals surface area (Å²) < 4.78 is 0.715. The summed E-state index contributed by atoms with van der Waals surface area (Å²) in [6, 6.07) is 7.40. The van der Waals surface area contributed by atoms with Crippen molar-refractivity contribution < 1.29 is 4.79 Å². The molecule has 0 atom stereocenters. The minimum Gasteiger partial charge on any atom is -0.375 e. The van der Waals surface area contributed by atoms with Gasteiger partial charge in [0.25, 0.3) is 0 Å². The van der Waals surface area contributed by atoms with Crippen LogP contribution in [0.2, 0.25) is 0 Å². The summed E-state index contributed by atoms with van der Waals surface area (Å²) in [4.78, 5) is 11.0. The number of hydrogen-bond acceptors (Lipinski definition) is 3. The number of nitriles is 1. The van der Waals surface area contributed by atoms with Crippen molar-refractivity contribution in [2.45, 2.75) is 0 Å². The summed E-state index contributed by atoms with van der Waals surface area (Å²) in [5.41, 5.74) is 1.15. The van der Waals surface area contributed by atoms with E-state index in [2.05, 4.69) is 32.6 Å². The maximum absolute atomic E-state index is 11.0. The first kappa shape index (κ1) is 11.5. The fourth-order valence-corrected chi connectivity index (χ4v) is 1.50. The topological polar surface area (TPSA) is 64.9 Å². The van der Waals surface area contributed by atoms with Crippen LogP contribution in [-0.4, -0.2) is 19.5 Å². The van der Waals surface area contributed by atoms with Crippen molar-refractivity contribution in [2.75, 3.05) is 18.9 Å². The van der Waals surface area contributed by atoms with Gasteiger partial charge >= 0.3 is 0 Å². The van der Waals surface area contributed by atoms with E-state index in [1.807, 2.05) is 0 Å². The van der Waals surface area contributed by atoms with Crippen LogP contribution in [0.15, 0.2) is 22.7 Å². The van der Waals surface area contributed by atoms with Gasteiger partial charge in [0, 0.05) is 11.5 Å². The number of halogens is 1. The van der Waals surface area contributed by atoms with Crippen molar-refractivity contribution in [1.29, 1.82) is 5.26 Å². The van der Waals surface area contributed by atoms with E-state index in [-0.39, 0.29) is 12.5 Å². The molecule has 0 unspecified atom stereocenters. The second kappa shape index (κ2) is 5.37. The van der Waals surface area contributed by atoms with E-state index in [4.69, 9.17) is 5.26 Å². The Kier molecular flexibility index (Phi) is 4.13. The Morgan fingerprint density at radius 3 is 2.93 bits per heavy atom. The highest BCUT2D eigenvalue weighted by Crippen LogP contribution is 2.23. The molecule has 1 aromatic rings. The molecule has 1 rings (SSSR count). The highest BCUT2D eigenvalue weighted by molar-refractivity contribution is 9.10. The maximum atomic E-state index is 11.0. The fourth-order valence-electron chi connectivity index (χ4n) is 1.05. The van der Waals surface area contributed by atoms with E-state index < -0.39 is 0 Å². The molecule has 0 fully saturated rings. The predicted molar refractivity (Wildman–Crippen MR) is 61.4 cm³/mol. The molecule has 0 heterocycles. The van der Waals surface area contributed by atoms with Gasteiger partial charge in [0.1, 0.15) is 6.07 Å². The SMILES string of the molecule is CNC(=O)CNc1cccc(Br)c1C#N. The van der Waals surface area contributed by atoms with E-state index in [9.17, 15) is 4.79 Å². The lowest BCUT2D eigenvalue weighted by Gasteiger charge is -2.07. The van der Waals surface area contributed by atoms with Crippen LogP contribution in [0.4, 0.5) is 5.69 Å². The number of anilines is 1. The Bertz CT molecular complexity index is 412. The smallest absolute Gasteiger partial charge is 0.239 e. The molecule has 15 heavy (non-hydrogen) atoms. The fraction of sp³-hybridized carbons (Fsp3) is 0.200. The van der Waals surface area contributed by atoms with Crippen molar-refractivity contribution in [2.24, 2.45) is 0 Å². The molecular formula is C10H10BrN3O. The summed E-state index contributed by atoms with van der Waals surface area (Å²) in [7, 11) is 1.57. The average molecular weight is 268 g/mol. The molecule has 2 N–H and O–H groups in total. The van der Waals surface area contributed by atoms with E-state index in [1.165, 1.54) is 0 Å². The van der Waals surface area contributed by atoms with E-state index in [0.29, 0.717) is 15.7 Å². The summed E-state index contributed by atoms with van der Waals surface area (Å²) in [6.07, 6.45) is 0. The van der Waals surface area contributed by atoms with Crippen LogP contribution < -0.4 is 10.6 Å². The molecule has 1 aromatic carbocycles. The van der Waals surface area contributed by atoms with Crippen molar-refractivity contribution in [3.63, 3.8) is 0 Å². The number of benzene rings is 1. The number of carbonyl (C=O) groups is 1. The molecule has 0 saturated heterocycles. The van der Waals surface area contributed by atoms with Crippen LogP contribution in [-0.2, 0) is 4.79 Å². The zero-order valence-corrected chi connectivity index (χ0v) is 9.76. The lowest BCUT2D eigenvalue weighted by molar-refractivity contribution is -0.118. The summed E-state index contributed by atoms with van der Waals surface area (Å²) >= 11 is 3.27. The zero-order valence-electron chi connectivity index (χ0n) is 8.17. The highest BCUT2D eigenvalue weighted by Gasteiger charge is 2.06. The largest absolute Gasteiger partial charge is 0.375 e. The van der Waals surface area contributed by atoms with Gasteiger partial charge in [-0.25, -0.2) is 0 Å². The Morgan fingerprint density at radius 1 is 1.60 bits per heavy atom. The van der Waals surface area contributed by atoms with Gasteiger partial charge in [0.05, 0.1) is 17.8 Å². The number of likely N-dealkylation sites (N-methyl/N-ethyl adjacent to an activating group) is 1. The van der Waals surface area contributed by atoms with Crippen LogP contribution in [0.3, 0.4) is 0 Å². The number of nitrogens with zero attached hydrogens (tertiary/aromatic N) is 1. The number of amides is 1. The molecule has 0 aliphatic rings. The van der Waals surface area contributed by atoms with Crippen molar-refractivity contribution in [3.8, 4) is 6.07 Å². The molecule has 0 saturated carbocycles. The van der Waals surface area contributed by atoms with E-state index in [0.717, 1.165) is 0 Å². The first-order valence-corrected chi connectivity index (χ1v) is 5.11. The predicted octanol–water partition coefficient (Wildman–Crippen LogP) is 1.48. The molecule has 0 spiro atoms. The van der Waals surface area contributed by atoms with Gasteiger partial charge in [-0.15, -0.1) is 0 Å². The molecule has 0 bridgehead atoms. The lowest BCUT2D eigenvalue weighted by Crippen LogP contribution is -2.26. The van der Waals surface area contributed by atoms with Crippen LogP contribution in [0.25, 0.3) is 0 Å². The molecule has 0 aliphatic heterocycles. The standard InChI is InChI=1S/C10H10BrN3O/c1-13-10(15)6-14-9-4-2-3-8(11)7(9)5-12/h2-4,14H,6H2,1H3,(H,13,15). The Labute approximate surface area is 96.4 Å². The lowest BCUT2D eigenvalue weighted by atomic mass is 10.2. The van der Waals surface area contributed by atoms with Crippen LogP contribution in [0.5, 0.6) is 0 Å². The summed E-state index contributed by atoms with van der Waals surface area (Å²) in [5.74, 6) is -0.126. The molecule has 0 aromatic heterocycles. The minimum absolute atomic E-state index is 0.126. The van der Waals surface area contributed by atoms with E-state index >= 15 is 0 Å². The molecule has 0 radical (unpaired) electrons. The number of rotatable bonds is 3. The van der Waals surface area contributed by atoms with Gasteiger partial charge in [-0.1, -0.05) is 6.07 Å². The molecular weight excluding hydrogens is 258 g/mol. The minimum atomic E-state index is -0.126. The third kappa shape index (κ3) is 2.96. The first-order chi connectivity index (χ1) is 7.19. The van der Waals surface area contributed by atoms with Crippen LogP contribution >= 0.6 is 15.9 Å². The van der Waals surface area contributed by atoms with Gasteiger partial charge in [-0.05, 0) is 28.1 Å². The summed E-state index contributed by atoms with van der Waals surface area (Å²) in [5, 5.41) is 14.3. The highest BCUT2D eigenvalue weighted by atomic mass is 79.9. The van der Waals surface area contributed by atoms with Gasteiger partial charge in [0.2, 0.25) is 5.91 Å². The van der Waals surface area contributed by atoms with Crippen molar-refractivity contribution >= 4 is 27.5 Å². The monoisotopic (exact) mass is 267 g/mol. The van der Waals surface area contributed by atoms with E-state index in [1.54, 1.807) is 25.2 Å². The Balaban J connectivity index is 2.82. The molecule has 0 aliphatic carbocycles. The third-order valence-corrected chi connectivity index (χ3v) is 2.50. The zero-order chi connectivity index (χ0) is 11.3. The van der Waals surface area contributed by atoms with Gasteiger partial charge in [-0.3, -0.25) is 4.79 Å². The first-order valence-electron chi connectivity index (χ1n) is 4.32. The number of hydrogen-bond donors (Lipinski definition) is 2. The number of nitrogens with one attached hydrogen (secondary N) is 2. The second-order valence-corrected chi connectivity index (χ2v) is 3.66. The average Bonchev–Trinajstić information content (AvgIpc) is 2.25. The van der Waals surface area contributed by atoms with Crippen molar-refractivity contribution in [3.05, 3.63) is 28.2 Å². The number of carbonyl (C=O) groups excluding carboxylic acids is 1. The maximum Gasteiger partial charge on any atom is 0.239 e. The second-order valence-electron chi connectivity index (χ2n) is 2.80. The Morgan fingerprint density at radius 2 is 2.33 bits per heavy atom. The van der Waals surface area contributed by atoms with Gasteiger partial charge < -0.3 is 10.6 Å². The molecule has 1 amide bonds. The normalized spacial score (nSPS) is 9.13. The third-order valence-electron chi connectivity index (χ3n) is 1.84.